The van der Waals surface area contributed by atoms with Crippen molar-refractivity contribution in [2.75, 3.05) is 0 Å². The Morgan fingerprint density at radius 3 is 2.53 bits per heavy atom. The molecule has 0 fully saturated rings. The summed E-state index contributed by atoms with van der Waals surface area (Å²) in [5.41, 5.74) is 2.91. The first-order valence-corrected chi connectivity index (χ1v) is 5.70. The number of hydrogen-bond donors (Lipinski definition) is 0. The number of carbonyl (C=O) groups is 1. The van der Waals surface area contributed by atoms with Crippen LogP contribution in [-0.2, 0) is 4.79 Å². The van der Waals surface area contributed by atoms with Crippen molar-refractivity contribution in [3.8, 4) is 0 Å². The molecule has 1 unspecified atom stereocenters. The molecule has 0 radical (unpaired) electrons. The highest BCUT2D eigenvalue weighted by Gasteiger charge is 2.33. The van der Waals surface area contributed by atoms with E-state index in [9.17, 15) is 4.79 Å². The molecule has 1 aliphatic rings. The van der Waals surface area contributed by atoms with Gasteiger partial charge < -0.3 is 0 Å². The lowest BCUT2D eigenvalue weighted by Gasteiger charge is -2.39. The molecule has 0 aromatic rings. The average Bonchev–Trinajstić information content (AvgIpc) is 1.99. The molecule has 0 heterocycles. The molecule has 0 N–H and O–H groups in total. The van der Waals surface area contributed by atoms with E-state index in [1.165, 1.54) is 24.0 Å². The van der Waals surface area contributed by atoms with Crippen LogP contribution in [0.25, 0.3) is 0 Å². The van der Waals surface area contributed by atoms with Gasteiger partial charge in [-0.05, 0) is 45.1 Å². The van der Waals surface area contributed by atoms with Gasteiger partial charge in [-0.15, -0.1) is 0 Å². The van der Waals surface area contributed by atoms with Crippen molar-refractivity contribution in [2.45, 2.75) is 47.5 Å². The van der Waals surface area contributed by atoms with Crippen molar-refractivity contribution in [1.82, 2.24) is 0 Å². The molecule has 0 saturated heterocycles. The quantitative estimate of drug-likeness (QED) is 0.494. The van der Waals surface area contributed by atoms with E-state index >= 15 is 0 Å². The Morgan fingerprint density at radius 2 is 2.07 bits per heavy atom. The summed E-state index contributed by atoms with van der Waals surface area (Å²) in [7, 11) is 0. The van der Waals surface area contributed by atoms with E-state index < -0.39 is 0 Å². The Hall–Kier alpha value is -0.850. The standard InChI is InChI=1S/C14H22O/c1-10-7-6-8-14(4,5)13(10)11(2)9-12(3)15/h7,9,13H,6,8H2,1-5H3. The number of allylic oxidation sites excluding steroid dienone is 4. The van der Waals surface area contributed by atoms with Crippen molar-refractivity contribution in [3.05, 3.63) is 23.3 Å². The van der Waals surface area contributed by atoms with Gasteiger partial charge in [-0.3, -0.25) is 4.79 Å². The summed E-state index contributed by atoms with van der Waals surface area (Å²) < 4.78 is 0. The first kappa shape index (κ1) is 12.2. The molecule has 0 saturated carbocycles. The van der Waals surface area contributed by atoms with E-state index in [4.69, 9.17) is 0 Å². The average molecular weight is 206 g/mol. The molecule has 0 spiro atoms. The lowest BCUT2D eigenvalue weighted by Crippen LogP contribution is -2.29. The Morgan fingerprint density at radius 1 is 1.47 bits per heavy atom. The van der Waals surface area contributed by atoms with Gasteiger partial charge in [0.15, 0.2) is 5.78 Å². The molecule has 0 aromatic heterocycles. The fraction of sp³-hybridized carbons (Fsp3) is 0.643. The van der Waals surface area contributed by atoms with Crippen molar-refractivity contribution in [1.29, 1.82) is 0 Å². The van der Waals surface area contributed by atoms with Crippen molar-refractivity contribution >= 4 is 5.78 Å². The SMILES string of the molecule is CC(=O)C=C(C)C1C(C)=CCCC1(C)C. The molecule has 0 bridgehead atoms. The van der Waals surface area contributed by atoms with Crippen LogP contribution < -0.4 is 0 Å². The maximum atomic E-state index is 11.1. The van der Waals surface area contributed by atoms with Crippen LogP contribution in [0.4, 0.5) is 0 Å². The topological polar surface area (TPSA) is 17.1 Å². The molecule has 1 nitrogen and oxygen atoms in total. The highest BCUT2D eigenvalue weighted by atomic mass is 16.1. The molecule has 0 aromatic carbocycles. The highest BCUT2D eigenvalue weighted by Crippen LogP contribution is 2.44. The zero-order valence-electron chi connectivity index (χ0n) is 10.6. The van der Waals surface area contributed by atoms with Gasteiger partial charge in [0, 0.05) is 5.92 Å². The maximum Gasteiger partial charge on any atom is 0.152 e. The molecular weight excluding hydrogens is 184 g/mol. The molecule has 1 heteroatoms. The summed E-state index contributed by atoms with van der Waals surface area (Å²) >= 11 is 0. The third kappa shape index (κ3) is 2.80. The van der Waals surface area contributed by atoms with Crippen LogP contribution in [-0.4, -0.2) is 5.78 Å². The Bertz CT molecular complexity index is 318. The molecule has 0 aliphatic heterocycles. The molecule has 84 valence electrons. The van der Waals surface area contributed by atoms with E-state index in [-0.39, 0.29) is 11.2 Å². The van der Waals surface area contributed by atoms with Gasteiger partial charge >= 0.3 is 0 Å². The van der Waals surface area contributed by atoms with E-state index in [0.717, 1.165) is 0 Å². The van der Waals surface area contributed by atoms with Crippen LogP contribution in [0.5, 0.6) is 0 Å². The largest absolute Gasteiger partial charge is 0.295 e. The van der Waals surface area contributed by atoms with E-state index in [1.807, 2.05) is 0 Å². The fourth-order valence-corrected chi connectivity index (χ4v) is 2.93. The third-order valence-electron chi connectivity index (χ3n) is 3.38. The van der Waals surface area contributed by atoms with Crippen molar-refractivity contribution in [2.24, 2.45) is 11.3 Å². The molecule has 0 amide bonds. The summed E-state index contributed by atoms with van der Waals surface area (Å²) in [5.74, 6) is 0.594. The predicted molar refractivity (Wildman–Crippen MR) is 64.7 cm³/mol. The predicted octanol–water partition coefficient (Wildman–Crippen LogP) is 3.90. The lowest BCUT2D eigenvalue weighted by atomic mass is 9.66. The van der Waals surface area contributed by atoms with Crippen LogP contribution in [0.3, 0.4) is 0 Å². The van der Waals surface area contributed by atoms with E-state index in [1.54, 1.807) is 13.0 Å². The summed E-state index contributed by atoms with van der Waals surface area (Å²) in [6.45, 7) is 10.5. The monoisotopic (exact) mass is 206 g/mol. The van der Waals surface area contributed by atoms with Crippen LogP contribution in [0.1, 0.15) is 47.5 Å². The minimum atomic E-state index is 0.154. The van der Waals surface area contributed by atoms with Gasteiger partial charge in [-0.1, -0.05) is 31.1 Å². The van der Waals surface area contributed by atoms with E-state index in [0.29, 0.717) is 5.92 Å². The third-order valence-corrected chi connectivity index (χ3v) is 3.38. The lowest BCUT2D eigenvalue weighted by molar-refractivity contribution is -0.112. The zero-order valence-corrected chi connectivity index (χ0v) is 10.6. The first-order chi connectivity index (χ1) is 6.84. The van der Waals surface area contributed by atoms with Crippen LogP contribution in [0.15, 0.2) is 23.3 Å². The second-order valence-electron chi connectivity index (χ2n) is 5.41. The molecular formula is C14H22O. The molecule has 1 rings (SSSR count). The van der Waals surface area contributed by atoms with Crippen LogP contribution in [0.2, 0.25) is 0 Å². The van der Waals surface area contributed by atoms with Gasteiger partial charge in [0.2, 0.25) is 0 Å². The molecule has 1 aliphatic carbocycles. The van der Waals surface area contributed by atoms with Gasteiger partial charge in [0.25, 0.3) is 0 Å². The fourth-order valence-electron chi connectivity index (χ4n) is 2.93. The zero-order chi connectivity index (χ0) is 11.6. The normalized spacial score (nSPS) is 26.1. The van der Waals surface area contributed by atoms with Gasteiger partial charge in [0.1, 0.15) is 0 Å². The van der Waals surface area contributed by atoms with Crippen molar-refractivity contribution < 1.29 is 4.79 Å². The van der Waals surface area contributed by atoms with Crippen molar-refractivity contribution in [3.63, 3.8) is 0 Å². The number of hydrogen-bond acceptors (Lipinski definition) is 1. The molecule has 1 atom stereocenters. The van der Waals surface area contributed by atoms with Gasteiger partial charge in [-0.25, -0.2) is 0 Å². The summed E-state index contributed by atoms with van der Waals surface area (Å²) in [4.78, 5) is 11.1. The number of rotatable bonds is 2. The maximum absolute atomic E-state index is 11.1. The second kappa shape index (κ2) is 4.34. The second-order valence-corrected chi connectivity index (χ2v) is 5.41. The highest BCUT2D eigenvalue weighted by molar-refractivity contribution is 5.88. The number of carbonyl (C=O) groups excluding carboxylic acids is 1. The van der Waals surface area contributed by atoms with E-state index in [2.05, 4.69) is 33.8 Å². The Kier molecular flexibility index (Phi) is 3.54. The summed E-state index contributed by atoms with van der Waals surface area (Å²) in [6, 6.07) is 0. The number of ketones is 1. The minimum Gasteiger partial charge on any atom is -0.295 e. The smallest absolute Gasteiger partial charge is 0.152 e. The minimum absolute atomic E-state index is 0.154. The van der Waals surface area contributed by atoms with Crippen LogP contribution in [0, 0.1) is 11.3 Å². The Balaban J connectivity index is 3.04. The van der Waals surface area contributed by atoms with Gasteiger partial charge in [-0.2, -0.15) is 0 Å². The summed E-state index contributed by atoms with van der Waals surface area (Å²) in [6.07, 6.45) is 6.48. The molecule has 15 heavy (non-hydrogen) atoms. The Labute approximate surface area is 93.3 Å². The first-order valence-electron chi connectivity index (χ1n) is 5.70. The van der Waals surface area contributed by atoms with Crippen LogP contribution >= 0.6 is 0 Å². The summed E-state index contributed by atoms with van der Waals surface area (Å²) in [5, 5.41) is 0. The van der Waals surface area contributed by atoms with Gasteiger partial charge in [0.05, 0.1) is 0 Å².